The van der Waals surface area contributed by atoms with Gasteiger partial charge in [0.25, 0.3) is 0 Å². The van der Waals surface area contributed by atoms with E-state index < -0.39 is 36.0 Å². The fourth-order valence-corrected chi connectivity index (χ4v) is 7.32. The number of likely N-dealkylation sites (N-methyl/N-ethyl adjacent to an activating group) is 2. The van der Waals surface area contributed by atoms with Crippen LogP contribution < -0.4 is 0 Å². The molecule has 4 aliphatic rings. The number of nitrogens with zero attached hydrogens (tertiary/aromatic N) is 4. The SMILES string of the molecule is CN1C(=O)[C@H]2[C@@H](c3cccs3)N3[C@H]4C(=O)N(C)C(=O)[C@H]4[C@@H](c4cccs4)N3[C@H]2C1=O. The summed E-state index contributed by atoms with van der Waals surface area (Å²) < 4.78 is 0. The summed E-state index contributed by atoms with van der Waals surface area (Å²) in [4.78, 5) is 56.8. The van der Waals surface area contributed by atoms with Crippen molar-refractivity contribution in [3.63, 3.8) is 0 Å². The maximum absolute atomic E-state index is 13.2. The van der Waals surface area contributed by atoms with E-state index in [1.54, 1.807) is 0 Å². The van der Waals surface area contributed by atoms with Gasteiger partial charge in [0.2, 0.25) is 23.6 Å². The minimum atomic E-state index is -0.710. The first-order chi connectivity index (χ1) is 14.4. The number of amides is 4. The number of carbonyl (C=O) groups excluding carboxylic acids is 4. The molecule has 0 aliphatic carbocycles. The van der Waals surface area contributed by atoms with Crippen LogP contribution in [0.2, 0.25) is 0 Å². The van der Waals surface area contributed by atoms with Gasteiger partial charge in [-0.15, -0.1) is 22.7 Å². The van der Waals surface area contributed by atoms with Crippen LogP contribution in [0.25, 0.3) is 0 Å². The van der Waals surface area contributed by atoms with Gasteiger partial charge in [-0.2, -0.15) is 0 Å². The molecule has 8 nitrogen and oxygen atoms in total. The van der Waals surface area contributed by atoms with Gasteiger partial charge in [-0.05, 0) is 22.9 Å². The molecule has 4 fully saturated rings. The minimum Gasteiger partial charge on any atom is -0.284 e. The Morgan fingerprint density at radius 1 is 0.633 bits per heavy atom. The average molecular weight is 443 g/mol. The summed E-state index contributed by atoms with van der Waals surface area (Å²) in [5, 5.41) is 7.64. The van der Waals surface area contributed by atoms with Crippen molar-refractivity contribution < 1.29 is 19.2 Å². The van der Waals surface area contributed by atoms with E-state index >= 15 is 0 Å². The lowest BCUT2D eigenvalue weighted by Gasteiger charge is -2.34. The zero-order valence-corrected chi connectivity index (χ0v) is 17.8. The summed E-state index contributed by atoms with van der Waals surface area (Å²) >= 11 is 3.00. The number of imide groups is 2. The summed E-state index contributed by atoms with van der Waals surface area (Å²) in [6, 6.07) is 5.36. The molecule has 0 radical (unpaired) electrons. The van der Waals surface area contributed by atoms with E-state index in [2.05, 4.69) is 0 Å². The Balaban J connectivity index is 1.59. The fraction of sp³-hybridized carbons (Fsp3) is 0.400. The lowest BCUT2D eigenvalue weighted by atomic mass is 9.88. The predicted octanol–water partition coefficient (Wildman–Crippen LogP) is 1.10. The van der Waals surface area contributed by atoms with Crippen molar-refractivity contribution in [2.24, 2.45) is 11.8 Å². The Kier molecular flexibility index (Phi) is 3.72. The summed E-state index contributed by atoms with van der Waals surface area (Å²) in [7, 11) is 3.03. The van der Waals surface area contributed by atoms with E-state index in [9.17, 15) is 19.2 Å². The molecule has 154 valence electrons. The normalized spacial score (nSPS) is 36.2. The van der Waals surface area contributed by atoms with Crippen LogP contribution in [0.15, 0.2) is 35.0 Å². The monoisotopic (exact) mass is 442 g/mol. The molecule has 2 aromatic heterocycles. The molecule has 0 spiro atoms. The van der Waals surface area contributed by atoms with Crippen molar-refractivity contribution in [1.29, 1.82) is 0 Å². The van der Waals surface area contributed by atoms with Crippen LogP contribution in [0.1, 0.15) is 21.8 Å². The van der Waals surface area contributed by atoms with E-state index in [-0.39, 0.29) is 23.6 Å². The highest BCUT2D eigenvalue weighted by atomic mass is 32.1. The minimum absolute atomic E-state index is 0.232. The Morgan fingerprint density at radius 2 is 1.03 bits per heavy atom. The van der Waals surface area contributed by atoms with Crippen LogP contribution in [0.3, 0.4) is 0 Å². The number of hydrogen-bond donors (Lipinski definition) is 0. The molecule has 0 saturated carbocycles. The molecule has 0 N–H and O–H groups in total. The predicted molar refractivity (Wildman–Crippen MR) is 108 cm³/mol. The second kappa shape index (κ2) is 6.07. The van der Waals surface area contributed by atoms with E-state index in [0.29, 0.717) is 0 Å². The Bertz CT molecular complexity index is 998. The third-order valence-electron chi connectivity index (χ3n) is 6.84. The number of carbonyl (C=O) groups is 4. The van der Waals surface area contributed by atoms with Gasteiger partial charge in [0.15, 0.2) is 0 Å². The number of rotatable bonds is 2. The van der Waals surface area contributed by atoms with Gasteiger partial charge < -0.3 is 0 Å². The second-order valence-corrected chi connectivity index (χ2v) is 10.1. The average Bonchev–Trinajstić information content (AvgIpc) is 3.54. The Labute approximate surface area is 180 Å². The van der Waals surface area contributed by atoms with Crippen LogP contribution in [0.4, 0.5) is 0 Å². The lowest BCUT2D eigenvalue weighted by molar-refractivity contribution is -0.151. The third kappa shape index (κ3) is 2.02. The molecule has 2 aromatic rings. The van der Waals surface area contributed by atoms with Crippen LogP contribution in [0.5, 0.6) is 0 Å². The largest absolute Gasteiger partial charge is 0.284 e. The lowest BCUT2D eigenvalue weighted by Crippen LogP contribution is -2.48. The quantitative estimate of drug-likeness (QED) is 0.648. The molecule has 6 atom stereocenters. The van der Waals surface area contributed by atoms with Crippen molar-refractivity contribution in [1.82, 2.24) is 19.8 Å². The van der Waals surface area contributed by atoms with Crippen molar-refractivity contribution in [3.8, 4) is 0 Å². The van der Waals surface area contributed by atoms with E-state index in [0.717, 1.165) is 9.75 Å². The number of likely N-dealkylation sites (tertiary alicyclic amines) is 2. The topological polar surface area (TPSA) is 81.2 Å². The first kappa shape index (κ1) is 18.4. The molecule has 6 rings (SSSR count). The second-order valence-electron chi connectivity index (χ2n) is 8.09. The van der Waals surface area contributed by atoms with E-state index in [4.69, 9.17) is 0 Å². The molecule has 4 saturated heterocycles. The molecule has 0 unspecified atom stereocenters. The Morgan fingerprint density at radius 3 is 1.37 bits per heavy atom. The number of thiophene rings is 2. The molecular weight excluding hydrogens is 424 g/mol. The van der Waals surface area contributed by atoms with Gasteiger partial charge in [-0.25, -0.2) is 10.0 Å². The third-order valence-corrected chi connectivity index (χ3v) is 8.72. The summed E-state index contributed by atoms with van der Waals surface area (Å²) in [6.07, 6.45) is 0. The number of hydrazine groups is 1. The molecule has 10 heteroatoms. The van der Waals surface area contributed by atoms with Gasteiger partial charge in [-0.1, -0.05) is 12.1 Å². The van der Waals surface area contributed by atoms with Crippen molar-refractivity contribution in [2.45, 2.75) is 24.2 Å². The molecule has 0 aromatic carbocycles. The smallest absolute Gasteiger partial charge is 0.248 e. The molecule has 0 bridgehead atoms. The number of fused-ring (bicyclic) bond motifs is 5. The van der Waals surface area contributed by atoms with E-state index in [1.165, 1.54) is 46.6 Å². The molecular formula is C20H18N4O4S2. The summed E-state index contributed by atoms with van der Waals surface area (Å²) in [5.41, 5.74) is 0. The summed E-state index contributed by atoms with van der Waals surface area (Å²) in [5.74, 6) is -2.21. The van der Waals surface area contributed by atoms with Gasteiger partial charge in [0, 0.05) is 23.8 Å². The molecule has 4 amide bonds. The highest BCUT2D eigenvalue weighted by Crippen LogP contribution is 2.59. The van der Waals surface area contributed by atoms with Crippen LogP contribution in [0, 0.1) is 11.8 Å². The van der Waals surface area contributed by atoms with Crippen molar-refractivity contribution in [3.05, 3.63) is 44.8 Å². The molecule has 6 heterocycles. The van der Waals surface area contributed by atoms with Crippen molar-refractivity contribution >= 4 is 46.3 Å². The zero-order valence-electron chi connectivity index (χ0n) is 16.2. The van der Waals surface area contributed by atoms with Crippen LogP contribution in [-0.2, 0) is 19.2 Å². The van der Waals surface area contributed by atoms with Gasteiger partial charge in [-0.3, -0.25) is 29.0 Å². The summed E-state index contributed by atoms with van der Waals surface area (Å²) in [6.45, 7) is 0. The van der Waals surface area contributed by atoms with Gasteiger partial charge in [0.1, 0.15) is 12.1 Å². The first-order valence-corrected chi connectivity index (χ1v) is 11.5. The standard InChI is InChI=1S/C20H18N4O4S2/c1-21-17(25)11-13(9-5-3-7-29-9)24-16-12(18(26)22(2)20(16)28)14(10-6-4-8-30-10)23(24)15(11)19(21)27/h3-8,11-16H,1-2H3/t11-,12-,13+,14+,15+,16+/m0/s1. The van der Waals surface area contributed by atoms with Crippen LogP contribution in [-0.4, -0.2) is 69.6 Å². The maximum atomic E-state index is 13.2. The zero-order chi connectivity index (χ0) is 20.9. The first-order valence-electron chi connectivity index (χ1n) is 9.69. The van der Waals surface area contributed by atoms with Gasteiger partial charge in [0.05, 0.1) is 23.9 Å². The highest BCUT2D eigenvalue weighted by molar-refractivity contribution is 7.10. The van der Waals surface area contributed by atoms with E-state index in [1.807, 2.05) is 45.0 Å². The molecule has 4 aliphatic heterocycles. The van der Waals surface area contributed by atoms with Gasteiger partial charge >= 0.3 is 0 Å². The highest BCUT2D eigenvalue weighted by Gasteiger charge is 2.73. The maximum Gasteiger partial charge on any atom is 0.248 e. The molecule has 30 heavy (non-hydrogen) atoms. The van der Waals surface area contributed by atoms with Crippen LogP contribution >= 0.6 is 22.7 Å². The fourth-order valence-electron chi connectivity index (χ4n) is 5.59. The Hall–Kier alpha value is -2.40. The van der Waals surface area contributed by atoms with Crippen molar-refractivity contribution in [2.75, 3.05) is 14.1 Å². The number of hydrogen-bond acceptors (Lipinski definition) is 8.